The van der Waals surface area contributed by atoms with Crippen molar-refractivity contribution in [1.29, 1.82) is 0 Å². The van der Waals surface area contributed by atoms with Gasteiger partial charge in [0.15, 0.2) is 0 Å². The lowest BCUT2D eigenvalue weighted by molar-refractivity contribution is -0.140. The zero-order chi connectivity index (χ0) is 12.8. The second kappa shape index (κ2) is 8.08. The number of rotatable bonds is 5. The molecule has 1 atom stereocenters. The van der Waals surface area contributed by atoms with Crippen LogP contribution in [0.3, 0.4) is 0 Å². The number of ether oxygens (including phenoxy) is 1. The highest BCUT2D eigenvalue weighted by atomic mass is 35.5. The minimum absolute atomic E-state index is 0. The number of hydrogen-bond acceptors (Lipinski definition) is 3. The quantitative estimate of drug-likeness (QED) is 0.880. The van der Waals surface area contributed by atoms with Gasteiger partial charge in [0.1, 0.15) is 6.10 Å². The van der Waals surface area contributed by atoms with Crippen molar-refractivity contribution in [3.8, 4) is 0 Å². The molecule has 0 saturated heterocycles. The molecule has 1 aromatic carbocycles. The maximum absolute atomic E-state index is 11.9. The first kappa shape index (κ1) is 16.9. The van der Waals surface area contributed by atoms with Gasteiger partial charge in [-0.05, 0) is 12.5 Å². The normalized spacial score (nSPS) is 11.6. The predicted molar refractivity (Wildman–Crippen MR) is 74.8 cm³/mol. The molecule has 0 fully saturated rings. The Hall–Kier alpha value is -1.10. The van der Waals surface area contributed by atoms with E-state index in [0.29, 0.717) is 6.54 Å². The Bertz CT molecular complexity index is 364. The fourth-order valence-corrected chi connectivity index (χ4v) is 1.59. The summed E-state index contributed by atoms with van der Waals surface area (Å²) in [7, 11) is 3.25. The van der Waals surface area contributed by atoms with E-state index in [1.165, 1.54) is 12.7 Å². The molecule has 18 heavy (non-hydrogen) atoms. The van der Waals surface area contributed by atoms with Crippen molar-refractivity contribution >= 4 is 18.3 Å². The highest BCUT2D eigenvalue weighted by molar-refractivity contribution is 5.85. The Kier molecular flexibility index (Phi) is 7.59. The molecule has 0 bridgehead atoms. The fourth-order valence-electron chi connectivity index (χ4n) is 1.59. The van der Waals surface area contributed by atoms with Gasteiger partial charge in [0.25, 0.3) is 5.91 Å². The number of likely N-dealkylation sites (N-methyl/N-ethyl adjacent to an activating group) is 1. The molecule has 5 heteroatoms. The molecule has 4 nitrogen and oxygen atoms in total. The van der Waals surface area contributed by atoms with Crippen LogP contribution in [0.2, 0.25) is 0 Å². The number of benzene rings is 1. The van der Waals surface area contributed by atoms with Crippen LogP contribution in [-0.2, 0) is 16.1 Å². The van der Waals surface area contributed by atoms with Crippen molar-refractivity contribution in [3.05, 3.63) is 35.4 Å². The van der Waals surface area contributed by atoms with Crippen molar-refractivity contribution in [2.75, 3.05) is 20.7 Å². The van der Waals surface area contributed by atoms with Crippen LogP contribution >= 0.6 is 12.4 Å². The highest BCUT2D eigenvalue weighted by Crippen LogP contribution is 2.07. The predicted octanol–water partition coefficient (Wildman–Crippen LogP) is 1.35. The molecule has 0 spiro atoms. The van der Waals surface area contributed by atoms with E-state index < -0.39 is 6.10 Å². The molecular formula is C13H21ClN2O2. The minimum atomic E-state index is -0.551. The molecule has 0 saturated carbocycles. The van der Waals surface area contributed by atoms with Crippen molar-refractivity contribution in [3.63, 3.8) is 0 Å². The van der Waals surface area contributed by atoms with E-state index in [9.17, 15) is 4.79 Å². The van der Waals surface area contributed by atoms with Crippen LogP contribution in [0.4, 0.5) is 0 Å². The summed E-state index contributed by atoms with van der Waals surface area (Å²) in [6, 6.07) is 8.10. The highest BCUT2D eigenvalue weighted by Gasteiger charge is 2.19. The topological polar surface area (TPSA) is 55.6 Å². The standard InChI is InChI=1S/C13H20N2O2.ClH/c1-10-4-6-11(7-5-10)9-15(2)13(16)12(8-14)17-3;/h4-7,12H,8-9,14H2,1-3H3;1H. The SMILES string of the molecule is COC(CN)C(=O)N(C)Cc1ccc(C)cc1.Cl. The van der Waals surface area contributed by atoms with Crippen molar-refractivity contribution in [1.82, 2.24) is 4.90 Å². The molecule has 0 aliphatic heterocycles. The zero-order valence-electron chi connectivity index (χ0n) is 11.1. The van der Waals surface area contributed by atoms with Crippen LogP contribution in [0.1, 0.15) is 11.1 Å². The van der Waals surface area contributed by atoms with Gasteiger partial charge in [-0.3, -0.25) is 4.79 Å². The number of aryl methyl sites for hydroxylation is 1. The maximum Gasteiger partial charge on any atom is 0.253 e. The lowest BCUT2D eigenvalue weighted by atomic mass is 10.1. The van der Waals surface area contributed by atoms with Crippen LogP contribution in [0.5, 0.6) is 0 Å². The summed E-state index contributed by atoms with van der Waals surface area (Å²) in [5.74, 6) is -0.0874. The third-order valence-electron chi connectivity index (χ3n) is 2.69. The van der Waals surface area contributed by atoms with E-state index in [1.807, 2.05) is 31.2 Å². The molecule has 1 aromatic rings. The Balaban J connectivity index is 0.00000289. The van der Waals surface area contributed by atoms with Crippen molar-refractivity contribution < 1.29 is 9.53 Å². The number of carbonyl (C=O) groups excluding carboxylic acids is 1. The van der Waals surface area contributed by atoms with E-state index >= 15 is 0 Å². The summed E-state index contributed by atoms with van der Waals surface area (Å²) in [4.78, 5) is 13.5. The van der Waals surface area contributed by atoms with E-state index in [2.05, 4.69) is 0 Å². The minimum Gasteiger partial charge on any atom is -0.370 e. The van der Waals surface area contributed by atoms with Gasteiger partial charge in [-0.15, -0.1) is 12.4 Å². The van der Waals surface area contributed by atoms with E-state index in [-0.39, 0.29) is 24.9 Å². The van der Waals surface area contributed by atoms with E-state index in [1.54, 1.807) is 11.9 Å². The Labute approximate surface area is 115 Å². The first-order chi connectivity index (χ1) is 8.08. The molecule has 0 aliphatic rings. The second-order valence-corrected chi connectivity index (χ2v) is 4.14. The Morgan fingerprint density at radius 3 is 2.39 bits per heavy atom. The van der Waals surface area contributed by atoms with Crippen LogP contribution in [-0.4, -0.2) is 37.6 Å². The molecule has 0 aromatic heterocycles. The molecule has 0 aliphatic carbocycles. The van der Waals surface area contributed by atoms with Gasteiger partial charge in [0.05, 0.1) is 0 Å². The summed E-state index contributed by atoms with van der Waals surface area (Å²) in [5.41, 5.74) is 7.77. The lowest BCUT2D eigenvalue weighted by Gasteiger charge is -2.22. The lowest BCUT2D eigenvalue weighted by Crippen LogP contribution is -2.41. The number of carbonyl (C=O) groups is 1. The number of hydrogen-bond donors (Lipinski definition) is 1. The second-order valence-electron chi connectivity index (χ2n) is 4.14. The largest absolute Gasteiger partial charge is 0.370 e. The molecule has 0 heterocycles. The summed E-state index contributed by atoms with van der Waals surface area (Å²) >= 11 is 0. The molecule has 1 amide bonds. The van der Waals surface area contributed by atoms with Crippen LogP contribution < -0.4 is 5.73 Å². The molecule has 102 valence electrons. The monoisotopic (exact) mass is 272 g/mol. The van der Waals surface area contributed by atoms with Crippen molar-refractivity contribution in [2.45, 2.75) is 19.6 Å². The van der Waals surface area contributed by atoms with Crippen LogP contribution in [0.25, 0.3) is 0 Å². The Morgan fingerprint density at radius 2 is 1.94 bits per heavy atom. The van der Waals surface area contributed by atoms with Crippen LogP contribution in [0, 0.1) is 6.92 Å². The van der Waals surface area contributed by atoms with E-state index in [4.69, 9.17) is 10.5 Å². The number of halogens is 1. The average molecular weight is 273 g/mol. The average Bonchev–Trinajstić information content (AvgIpc) is 2.33. The van der Waals surface area contributed by atoms with Crippen LogP contribution in [0.15, 0.2) is 24.3 Å². The van der Waals surface area contributed by atoms with Gasteiger partial charge in [-0.25, -0.2) is 0 Å². The smallest absolute Gasteiger partial charge is 0.253 e. The van der Waals surface area contributed by atoms with E-state index in [0.717, 1.165) is 5.56 Å². The summed E-state index contributed by atoms with van der Waals surface area (Å²) in [6.07, 6.45) is -0.551. The summed E-state index contributed by atoms with van der Waals surface area (Å²) in [6.45, 7) is 2.81. The third-order valence-corrected chi connectivity index (χ3v) is 2.69. The summed E-state index contributed by atoms with van der Waals surface area (Å²) < 4.78 is 5.02. The van der Waals surface area contributed by atoms with Gasteiger partial charge in [0, 0.05) is 27.2 Å². The Morgan fingerprint density at radius 1 is 1.39 bits per heavy atom. The number of methoxy groups -OCH3 is 1. The molecule has 1 rings (SSSR count). The molecule has 0 radical (unpaired) electrons. The van der Waals surface area contributed by atoms with Gasteiger partial charge >= 0.3 is 0 Å². The fraction of sp³-hybridized carbons (Fsp3) is 0.462. The molecular weight excluding hydrogens is 252 g/mol. The maximum atomic E-state index is 11.9. The first-order valence-electron chi connectivity index (χ1n) is 5.62. The number of nitrogens with two attached hydrogens (primary N) is 1. The third kappa shape index (κ3) is 4.64. The van der Waals surface area contributed by atoms with Gasteiger partial charge in [0.2, 0.25) is 0 Å². The molecule has 2 N–H and O–H groups in total. The number of amides is 1. The zero-order valence-corrected chi connectivity index (χ0v) is 11.9. The van der Waals surface area contributed by atoms with Gasteiger partial charge < -0.3 is 15.4 Å². The van der Waals surface area contributed by atoms with Crippen molar-refractivity contribution in [2.24, 2.45) is 5.73 Å². The van der Waals surface area contributed by atoms with Gasteiger partial charge in [-0.2, -0.15) is 0 Å². The van der Waals surface area contributed by atoms with Gasteiger partial charge in [-0.1, -0.05) is 29.8 Å². The first-order valence-corrected chi connectivity index (χ1v) is 5.62. The summed E-state index contributed by atoms with van der Waals surface area (Å²) in [5, 5.41) is 0. The number of nitrogens with zero attached hydrogens (tertiary/aromatic N) is 1. The molecule has 1 unspecified atom stereocenters.